The third-order valence-electron chi connectivity index (χ3n) is 4.47. The molecule has 0 aliphatic heterocycles. The molecule has 2 aromatic heterocycles. The Hall–Kier alpha value is -2.60. The molecule has 0 fully saturated rings. The Bertz CT molecular complexity index is 1100. The van der Waals surface area contributed by atoms with Crippen molar-refractivity contribution in [1.29, 1.82) is 0 Å². The van der Waals surface area contributed by atoms with E-state index in [1.54, 1.807) is 4.57 Å². The van der Waals surface area contributed by atoms with Crippen LogP contribution in [0.2, 0.25) is 0 Å². The van der Waals surface area contributed by atoms with Crippen molar-refractivity contribution in [2.45, 2.75) is 37.2 Å². The van der Waals surface area contributed by atoms with Crippen molar-refractivity contribution in [3.63, 3.8) is 0 Å². The van der Waals surface area contributed by atoms with Gasteiger partial charge in [-0.05, 0) is 37.6 Å². The van der Waals surface area contributed by atoms with Gasteiger partial charge >= 0.3 is 0 Å². The molecule has 2 heterocycles. The molecular weight excluding hydrogens is 346 g/mol. The number of benzene rings is 2. The Morgan fingerprint density at radius 1 is 1.08 bits per heavy atom. The second-order valence-electron chi connectivity index (χ2n) is 6.21. The van der Waals surface area contributed by atoms with Gasteiger partial charge in [-0.15, -0.1) is 0 Å². The Morgan fingerprint density at radius 3 is 2.58 bits per heavy atom. The highest BCUT2D eigenvalue weighted by molar-refractivity contribution is 7.98. The number of nitrogens with zero attached hydrogens (tertiary/aromatic N) is 3. The Labute approximate surface area is 155 Å². The Balaban J connectivity index is 1.73. The largest absolute Gasteiger partial charge is 0.440 e. The van der Waals surface area contributed by atoms with Crippen molar-refractivity contribution in [3.05, 3.63) is 64.8 Å². The monoisotopic (exact) mass is 365 g/mol. The first-order valence-electron chi connectivity index (χ1n) is 8.66. The van der Waals surface area contributed by atoms with Crippen molar-refractivity contribution >= 4 is 33.8 Å². The standard InChI is InChI=1S/C20H19N3O2S/c1-3-13(2)23-19(24)14-8-4-5-9-15(14)22-20(23)26-12-18-21-16-10-6-7-11-17(16)25-18/h4-11,13H,3,12H2,1-2H3. The SMILES string of the molecule is CCC(C)n1c(SCc2nc3ccccc3o2)nc2ccccc2c1=O. The first kappa shape index (κ1) is 16.8. The van der Waals surface area contributed by atoms with Crippen molar-refractivity contribution in [1.82, 2.24) is 14.5 Å². The maximum atomic E-state index is 13.0. The molecular formula is C20H19N3O2S. The first-order valence-corrected chi connectivity index (χ1v) is 9.64. The van der Waals surface area contributed by atoms with Crippen molar-refractivity contribution in [3.8, 4) is 0 Å². The van der Waals surface area contributed by atoms with Gasteiger partial charge in [0.05, 0.1) is 16.7 Å². The number of aromatic nitrogens is 3. The molecule has 0 spiro atoms. The van der Waals surface area contributed by atoms with Gasteiger partial charge in [0.15, 0.2) is 10.7 Å². The summed E-state index contributed by atoms with van der Waals surface area (Å²) in [6.07, 6.45) is 0.858. The maximum absolute atomic E-state index is 13.0. The van der Waals surface area contributed by atoms with Crippen LogP contribution in [0.1, 0.15) is 32.2 Å². The van der Waals surface area contributed by atoms with E-state index in [1.165, 1.54) is 11.8 Å². The number of oxazole rings is 1. The first-order chi connectivity index (χ1) is 12.7. The van der Waals surface area contributed by atoms with Gasteiger partial charge in [-0.3, -0.25) is 9.36 Å². The molecule has 5 nitrogen and oxygen atoms in total. The molecule has 0 saturated heterocycles. The van der Waals surface area contributed by atoms with Crippen LogP contribution in [-0.4, -0.2) is 14.5 Å². The van der Waals surface area contributed by atoms with Gasteiger partial charge in [0, 0.05) is 6.04 Å². The molecule has 1 unspecified atom stereocenters. The van der Waals surface area contributed by atoms with E-state index in [4.69, 9.17) is 9.40 Å². The predicted octanol–water partition coefficient (Wildman–Crippen LogP) is 4.80. The third kappa shape index (κ3) is 3.01. The summed E-state index contributed by atoms with van der Waals surface area (Å²) in [6, 6.07) is 15.2. The van der Waals surface area contributed by atoms with E-state index in [0.29, 0.717) is 22.2 Å². The molecule has 0 N–H and O–H groups in total. The van der Waals surface area contributed by atoms with E-state index in [2.05, 4.69) is 11.9 Å². The molecule has 4 rings (SSSR count). The van der Waals surface area contributed by atoms with E-state index in [9.17, 15) is 4.79 Å². The minimum Gasteiger partial charge on any atom is -0.440 e. The summed E-state index contributed by atoms with van der Waals surface area (Å²) in [5.74, 6) is 1.16. The molecule has 0 aliphatic rings. The zero-order valence-corrected chi connectivity index (χ0v) is 15.5. The second-order valence-corrected chi connectivity index (χ2v) is 7.15. The predicted molar refractivity (Wildman–Crippen MR) is 105 cm³/mol. The lowest BCUT2D eigenvalue weighted by atomic mass is 10.2. The van der Waals surface area contributed by atoms with Crippen LogP contribution in [0.5, 0.6) is 0 Å². The fraction of sp³-hybridized carbons (Fsp3) is 0.250. The molecule has 0 bridgehead atoms. The lowest BCUT2D eigenvalue weighted by molar-refractivity contribution is 0.467. The van der Waals surface area contributed by atoms with E-state index >= 15 is 0 Å². The molecule has 1 atom stereocenters. The van der Waals surface area contributed by atoms with E-state index in [1.807, 2.05) is 55.5 Å². The summed E-state index contributed by atoms with van der Waals surface area (Å²) in [4.78, 5) is 22.2. The van der Waals surface area contributed by atoms with Crippen LogP contribution in [0.15, 0.2) is 62.9 Å². The summed E-state index contributed by atoms with van der Waals surface area (Å²) in [5.41, 5.74) is 2.34. The number of rotatable bonds is 5. The lowest BCUT2D eigenvalue weighted by Crippen LogP contribution is -2.26. The Kier molecular flexibility index (Phi) is 4.51. The summed E-state index contributed by atoms with van der Waals surface area (Å²) in [5, 5.41) is 1.35. The van der Waals surface area contributed by atoms with Crippen LogP contribution >= 0.6 is 11.8 Å². The second kappa shape index (κ2) is 6.96. The molecule has 0 saturated carbocycles. The molecule has 6 heteroatoms. The van der Waals surface area contributed by atoms with Crippen LogP contribution in [0.4, 0.5) is 0 Å². The smallest absolute Gasteiger partial charge is 0.262 e. The molecule has 4 aromatic rings. The maximum Gasteiger partial charge on any atom is 0.262 e. The van der Waals surface area contributed by atoms with Crippen LogP contribution in [0.25, 0.3) is 22.0 Å². The van der Waals surface area contributed by atoms with Crippen LogP contribution < -0.4 is 5.56 Å². The molecule has 132 valence electrons. The molecule has 0 aliphatic carbocycles. The van der Waals surface area contributed by atoms with Crippen LogP contribution in [0.3, 0.4) is 0 Å². The fourth-order valence-corrected chi connectivity index (χ4v) is 3.85. The Morgan fingerprint density at radius 2 is 1.81 bits per heavy atom. The molecule has 2 aromatic carbocycles. The quantitative estimate of drug-likeness (QED) is 0.375. The molecule has 26 heavy (non-hydrogen) atoms. The third-order valence-corrected chi connectivity index (χ3v) is 5.41. The summed E-state index contributed by atoms with van der Waals surface area (Å²) in [6.45, 7) is 4.11. The number of thioether (sulfide) groups is 1. The fourth-order valence-electron chi connectivity index (χ4n) is 2.91. The van der Waals surface area contributed by atoms with Crippen molar-refractivity contribution in [2.24, 2.45) is 0 Å². The summed E-state index contributed by atoms with van der Waals surface area (Å²) < 4.78 is 7.57. The zero-order valence-electron chi connectivity index (χ0n) is 14.7. The average Bonchev–Trinajstić information content (AvgIpc) is 3.09. The summed E-state index contributed by atoms with van der Waals surface area (Å²) in [7, 11) is 0. The topological polar surface area (TPSA) is 60.9 Å². The minimum atomic E-state index is 0.00464. The van der Waals surface area contributed by atoms with Crippen LogP contribution in [0, 0.1) is 0 Å². The van der Waals surface area contributed by atoms with Gasteiger partial charge in [-0.1, -0.05) is 43.0 Å². The highest BCUT2D eigenvalue weighted by Gasteiger charge is 2.16. The summed E-state index contributed by atoms with van der Waals surface area (Å²) >= 11 is 1.48. The number of hydrogen-bond acceptors (Lipinski definition) is 5. The normalized spacial score (nSPS) is 12.7. The van der Waals surface area contributed by atoms with Gasteiger partial charge in [0.1, 0.15) is 5.52 Å². The van der Waals surface area contributed by atoms with Gasteiger partial charge in [-0.2, -0.15) is 0 Å². The number of hydrogen-bond donors (Lipinski definition) is 0. The van der Waals surface area contributed by atoms with Crippen LogP contribution in [-0.2, 0) is 5.75 Å². The molecule has 0 amide bonds. The minimum absolute atomic E-state index is 0.00464. The lowest BCUT2D eigenvalue weighted by Gasteiger charge is -2.17. The van der Waals surface area contributed by atoms with Crippen molar-refractivity contribution < 1.29 is 4.42 Å². The number of fused-ring (bicyclic) bond motifs is 2. The van der Waals surface area contributed by atoms with Gasteiger partial charge in [0.2, 0.25) is 5.89 Å². The van der Waals surface area contributed by atoms with Gasteiger partial charge in [0.25, 0.3) is 5.56 Å². The average molecular weight is 365 g/mol. The highest BCUT2D eigenvalue weighted by atomic mass is 32.2. The van der Waals surface area contributed by atoms with E-state index in [-0.39, 0.29) is 11.6 Å². The number of para-hydroxylation sites is 3. The zero-order chi connectivity index (χ0) is 18.1. The van der Waals surface area contributed by atoms with Gasteiger partial charge in [-0.25, -0.2) is 9.97 Å². The van der Waals surface area contributed by atoms with E-state index in [0.717, 1.165) is 23.0 Å². The molecule has 0 radical (unpaired) electrons. The highest BCUT2D eigenvalue weighted by Crippen LogP contribution is 2.26. The van der Waals surface area contributed by atoms with Gasteiger partial charge < -0.3 is 4.42 Å². The van der Waals surface area contributed by atoms with E-state index < -0.39 is 0 Å². The van der Waals surface area contributed by atoms with Crippen molar-refractivity contribution in [2.75, 3.05) is 0 Å².